The summed E-state index contributed by atoms with van der Waals surface area (Å²) in [6.07, 6.45) is 5.91. The van der Waals surface area contributed by atoms with Crippen LogP contribution >= 0.6 is 27.7 Å². The van der Waals surface area contributed by atoms with E-state index in [2.05, 4.69) is 27.5 Å². The Morgan fingerprint density at radius 2 is 2.22 bits per heavy atom. The Balaban J connectivity index is 2.05. The first-order chi connectivity index (χ1) is 8.61. The first-order valence-electron chi connectivity index (χ1n) is 6.35. The predicted octanol–water partition coefficient (Wildman–Crippen LogP) is 4.52. The maximum Gasteiger partial charge on any atom is 0.129 e. The van der Waals surface area contributed by atoms with Gasteiger partial charge >= 0.3 is 0 Å². The zero-order valence-corrected chi connectivity index (χ0v) is 13.2. The molecule has 0 bridgehead atoms. The lowest BCUT2D eigenvalue weighted by Crippen LogP contribution is -2.36. The summed E-state index contributed by atoms with van der Waals surface area (Å²) in [4.78, 5) is 0. The van der Waals surface area contributed by atoms with E-state index in [1.807, 2.05) is 30.8 Å². The molecule has 0 aliphatic heterocycles. The maximum atomic E-state index is 13.9. The van der Waals surface area contributed by atoms with Gasteiger partial charge in [-0.2, -0.15) is 11.8 Å². The summed E-state index contributed by atoms with van der Waals surface area (Å²) in [5.74, 6) is -0.136. The van der Waals surface area contributed by atoms with Gasteiger partial charge in [0.2, 0.25) is 0 Å². The maximum absolute atomic E-state index is 13.9. The van der Waals surface area contributed by atoms with E-state index in [1.165, 1.54) is 25.3 Å². The molecule has 1 fully saturated rings. The highest BCUT2D eigenvalue weighted by atomic mass is 79.9. The molecule has 1 nitrogen and oxygen atoms in total. The number of thioether (sulfide) groups is 1. The first-order valence-corrected chi connectivity index (χ1v) is 8.43. The summed E-state index contributed by atoms with van der Waals surface area (Å²) in [5, 5.41) is 4.25. The van der Waals surface area contributed by atoms with Gasteiger partial charge in [-0.25, -0.2) is 4.39 Å². The number of rotatable bonds is 4. The molecule has 0 saturated heterocycles. The van der Waals surface area contributed by atoms with Crippen molar-refractivity contribution in [3.8, 4) is 0 Å². The average molecular weight is 332 g/mol. The third-order valence-electron chi connectivity index (χ3n) is 3.65. The summed E-state index contributed by atoms with van der Waals surface area (Å²) >= 11 is 5.21. The molecule has 0 heterocycles. The van der Waals surface area contributed by atoms with Gasteiger partial charge in [-0.05, 0) is 38.2 Å². The molecule has 100 valence electrons. The van der Waals surface area contributed by atoms with Crippen molar-refractivity contribution in [3.63, 3.8) is 0 Å². The smallest absolute Gasteiger partial charge is 0.129 e. The number of hydrogen-bond acceptors (Lipinski definition) is 2. The van der Waals surface area contributed by atoms with Crippen LogP contribution in [-0.2, 0) is 0 Å². The van der Waals surface area contributed by atoms with Gasteiger partial charge in [0.05, 0.1) is 0 Å². The number of nitrogens with one attached hydrogen (secondary N) is 1. The third kappa shape index (κ3) is 3.28. The van der Waals surface area contributed by atoms with E-state index >= 15 is 0 Å². The van der Waals surface area contributed by atoms with Crippen molar-refractivity contribution in [2.75, 3.05) is 6.26 Å². The van der Waals surface area contributed by atoms with Crippen LogP contribution in [0.4, 0.5) is 4.39 Å². The number of benzene rings is 1. The SMILES string of the molecule is CSC1CCCC1NC(C)c1ccc(Br)cc1F. The van der Waals surface area contributed by atoms with Crippen molar-refractivity contribution in [2.45, 2.75) is 43.5 Å². The quantitative estimate of drug-likeness (QED) is 0.870. The second-order valence-electron chi connectivity index (χ2n) is 4.87. The van der Waals surface area contributed by atoms with Gasteiger partial charge in [-0.1, -0.05) is 28.4 Å². The molecule has 0 aromatic heterocycles. The molecule has 1 aromatic carbocycles. The molecule has 2 rings (SSSR count). The molecule has 0 radical (unpaired) electrons. The Kier molecular flexibility index (Phi) is 5.10. The van der Waals surface area contributed by atoms with Crippen LogP contribution in [0.2, 0.25) is 0 Å². The van der Waals surface area contributed by atoms with Crippen molar-refractivity contribution in [1.29, 1.82) is 0 Å². The predicted molar refractivity (Wildman–Crippen MR) is 80.6 cm³/mol. The molecule has 0 amide bonds. The van der Waals surface area contributed by atoms with Gasteiger partial charge in [-0.15, -0.1) is 0 Å². The topological polar surface area (TPSA) is 12.0 Å². The molecule has 3 atom stereocenters. The normalized spacial score (nSPS) is 25.3. The molecular formula is C14H19BrFNS. The molecule has 3 unspecified atom stereocenters. The second kappa shape index (κ2) is 6.40. The van der Waals surface area contributed by atoms with Crippen LogP contribution in [0, 0.1) is 5.82 Å². The minimum atomic E-state index is -0.136. The van der Waals surface area contributed by atoms with E-state index in [1.54, 1.807) is 0 Å². The van der Waals surface area contributed by atoms with Crippen LogP contribution in [0.25, 0.3) is 0 Å². The minimum absolute atomic E-state index is 0.0656. The molecule has 1 aromatic rings. The van der Waals surface area contributed by atoms with Gasteiger partial charge < -0.3 is 5.32 Å². The van der Waals surface area contributed by atoms with Gasteiger partial charge in [0.1, 0.15) is 5.82 Å². The number of halogens is 2. The minimum Gasteiger partial charge on any atom is -0.306 e. The van der Waals surface area contributed by atoms with Crippen LogP contribution in [0.1, 0.15) is 37.8 Å². The summed E-state index contributed by atoms with van der Waals surface area (Å²) in [6, 6.07) is 5.87. The van der Waals surface area contributed by atoms with Crippen molar-refractivity contribution in [1.82, 2.24) is 5.32 Å². The molecule has 4 heteroatoms. The fraction of sp³-hybridized carbons (Fsp3) is 0.571. The molecule has 1 N–H and O–H groups in total. The Hall–Kier alpha value is -0.0600. The van der Waals surface area contributed by atoms with E-state index in [-0.39, 0.29) is 11.9 Å². The lowest BCUT2D eigenvalue weighted by atomic mass is 10.1. The van der Waals surface area contributed by atoms with E-state index in [0.29, 0.717) is 11.3 Å². The summed E-state index contributed by atoms with van der Waals surface area (Å²) in [7, 11) is 0. The summed E-state index contributed by atoms with van der Waals surface area (Å²) in [5.41, 5.74) is 0.755. The third-order valence-corrected chi connectivity index (χ3v) is 5.31. The van der Waals surface area contributed by atoms with Gasteiger partial charge in [0.25, 0.3) is 0 Å². The highest BCUT2D eigenvalue weighted by Crippen LogP contribution is 2.30. The Labute approximate surface area is 121 Å². The fourth-order valence-corrected chi connectivity index (χ4v) is 3.94. The van der Waals surface area contributed by atoms with Gasteiger partial charge in [-0.3, -0.25) is 0 Å². The highest BCUT2D eigenvalue weighted by Gasteiger charge is 2.28. The first kappa shape index (κ1) is 14.4. The van der Waals surface area contributed by atoms with Crippen LogP contribution in [0.15, 0.2) is 22.7 Å². The Morgan fingerprint density at radius 1 is 1.44 bits per heavy atom. The van der Waals surface area contributed by atoms with Crippen LogP contribution in [-0.4, -0.2) is 17.5 Å². The molecule has 0 spiro atoms. The molecule has 1 saturated carbocycles. The zero-order chi connectivity index (χ0) is 13.1. The second-order valence-corrected chi connectivity index (χ2v) is 6.86. The van der Waals surface area contributed by atoms with E-state index in [0.717, 1.165) is 10.0 Å². The van der Waals surface area contributed by atoms with Crippen molar-refractivity contribution in [2.24, 2.45) is 0 Å². The lowest BCUT2D eigenvalue weighted by molar-refractivity contribution is 0.452. The lowest BCUT2D eigenvalue weighted by Gasteiger charge is -2.24. The largest absolute Gasteiger partial charge is 0.306 e. The fourth-order valence-electron chi connectivity index (χ4n) is 2.66. The zero-order valence-electron chi connectivity index (χ0n) is 10.7. The average Bonchev–Trinajstić information content (AvgIpc) is 2.76. The summed E-state index contributed by atoms with van der Waals surface area (Å²) in [6.45, 7) is 2.04. The molecule has 1 aliphatic rings. The monoisotopic (exact) mass is 331 g/mol. The summed E-state index contributed by atoms with van der Waals surface area (Å²) < 4.78 is 14.7. The van der Waals surface area contributed by atoms with Crippen molar-refractivity contribution < 1.29 is 4.39 Å². The van der Waals surface area contributed by atoms with Crippen LogP contribution < -0.4 is 5.32 Å². The van der Waals surface area contributed by atoms with E-state index in [4.69, 9.17) is 0 Å². The standard InChI is InChI=1S/C14H19BrFNS/c1-9(11-7-6-10(15)8-12(11)16)17-13-4-3-5-14(13)18-2/h6-9,13-14,17H,3-5H2,1-2H3. The number of hydrogen-bond donors (Lipinski definition) is 1. The van der Waals surface area contributed by atoms with Crippen molar-refractivity contribution in [3.05, 3.63) is 34.1 Å². The molecule has 18 heavy (non-hydrogen) atoms. The Morgan fingerprint density at radius 3 is 2.89 bits per heavy atom. The van der Waals surface area contributed by atoms with E-state index in [9.17, 15) is 4.39 Å². The van der Waals surface area contributed by atoms with Gasteiger partial charge in [0.15, 0.2) is 0 Å². The van der Waals surface area contributed by atoms with Crippen molar-refractivity contribution >= 4 is 27.7 Å². The Bertz CT molecular complexity index is 413. The van der Waals surface area contributed by atoms with E-state index < -0.39 is 0 Å². The highest BCUT2D eigenvalue weighted by molar-refractivity contribution is 9.10. The van der Waals surface area contributed by atoms with Crippen LogP contribution in [0.5, 0.6) is 0 Å². The molecular weight excluding hydrogens is 313 g/mol. The van der Waals surface area contributed by atoms with Gasteiger partial charge in [0, 0.05) is 27.4 Å². The van der Waals surface area contributed by atoms with Crippen LogP contribution in [0.3, 0.4) is 0 Å². The molecule has 1 aliphatic carbocycles.